The molecule has 0 heterocycles. The van der Waals surface area contributed by atoms with E-state index < -0.39 is 0 Å². The van der Waals surface area contributed by atoms with Gasteiger partial charge in [-0.25, -0.2) is 0 Å². The van der Waals surface area contributed by atoms with Crippen LogP contribution in [-0.4, -0.2) is 0 Å². The quantitative estimate of drug-likeness (QED) is 0.486. The first-order valence-corrected chi connectivity index (χ1v) is 9.35. The van der Waals surface area contributed by atoms with Crippen molar-refractivity contribution in [3.63, 3.8) is 0 Å². The van der Waals surface area contributed by atoms with Crippen LogP contribution in [0.1, 0.15) is 53.4 Å². The Morgan fingerprint density at radius 2 is 1.38 bits per heavy atom. The van der Waals surface area contributed by atoms with Gasteiger partial charge >= 0.3 is 0 Å². The van der Waals surface area contributed by atoms with Crippen LogP contribution < -0.4 is 0 Å². The molecule has 0 saturated heterocycles. The molecule has 21 heavy (non-hydrogen) atoms. The molecule has 0 saturated carbocycles. The topological polar surface area (TPSA) is 0 Å². The van der Waals surface area contributed by atoms with Crippen molar-refractivity contribution < 1.29 is 0 Å². The van der Waals surface area contributed by atoms with Crippen LogP contribution in [0.15, 0.2) is 40.9 Å². The standard InChI is InChI=1S/C19H22Br2/c1-4-13-11-14(5-2)18(15(6-3)12-13)19(21)16-7-9-17(20)10-8-16/h7-12,19H,4-6H2,1-3H3. The van der Waals surface area contributed by atoms with Crippen molar-refractivity contribution in [1.29, 1.82) is 0 Å². The van der Waals surface area contributed by atoms with E-state index in [1.54, 1.807) is 0 Å². The molecule has 2 aromatic carbocycles. The zero-order chi connectivity index (χ0) is 15.4. The Bertz CT molecular complexity index is 574. The van der Waals surface area contributed by atoms with Crippen LogP contribution in [-0.2, 0) is 19.3 Å². The second kappa shape index (κ2) is 7.60. The van der Waals surface area contributed by atoms with Gasteiger partial charge < -0.3 is 0 Å². The van der Waals surface area contributed by atoms with Gasteiger partial charge in [0, 0.05) is 4.47 Å². The minimum Gasteiger partial charge on any atom is -0.0786 e. The largest absolute Gasteiger partial charge is 0.0786 e. The van der Waals surface area contributed by atoms with Gasteiger partial charge in [-0.1, -0.05) is 76.9 Å². The third kappa shape index (κ3) is 3.78. The molecule has 2 heteroatoms. The maximum absolute atomic E-state index is 3.93. The first-order chi connectivity index (χ1) is 10.1. The van der Waals surface area contributed by atoms with Crippen LogP contribution in [0.5, 0.6) is 0 Å². The van der Waals surface area contributed by atoms with E-state index in [1.165, 1.54) is 27.8 Å². The monoisotopic (exact) mass is 408 g/mol. The lowest BCUT2D eigenvalue weighted by molar-refractivity contribution is 0.974. The third-order valence-corrected chi connectivity index (χ3v) is 5.51. The van der Waals surface area contributed by atoms with Crippen molar-refractivity contribution in [2.24, 2.45) is 0 Å². The highest BCUT2D eigenvalue weighted by atomic mass is 79.9. The Labute approximate surface area is 145 Å². The number of alkyl halides is 1. The summed E-state index contributed by atoms with van der Waals surface area (Å²) in [7, 11) is 0. The Kier molecular flexibility index (Phi) is 6.07. The van der Waals surface area contributed by atoms with Crippen molar-refractivity contribution in [3.05, 3.63) is 68.7 Å². The fourth-order valence-corrected chi connectivity index (χ4v) is 3.92. The van der Waals surface area contributed by atoms with Gasteiger partial charge in [0.1, 0.15) is 0 Å². The summed E-state index contributed by atoms with van der Waals surface area (Å²) in [5.74, 6) is 0. The highest BCUT2D eigenvalue weighted by molar-refractivity contribution is 9.10. The third-order valence-electron chi connectivity index (χ3n) is 4.00. The summed E-state index contributed by atoms with van der Waals surface area (Å²) in [6, 6.07) is 13.4. The lowest BCUT2D eigenvalue weighted by atomic mass is 9.89. The molecule has 2 aromatic rings. The summed E-state index contributed by atoms with van der Waals surface area (Å²) < 4.78 is 1.12. The SMILES string of the molecule is CCc1cc(CC)c(C(Br)c2ccc(Br)cc2)c(CC)c1. The van der Waals surface area contributed by atoms with Crippen LogP contribution in [0, 0.1) is 0 Å². The zero-order valence-corrected chi connectivity index (χ0v) is 16.1. The Morgan fingerprint density at radius 1 is 0.857 bits per heavy atom. The highest BCUT2D eigenvalue weighted by Gasteiger charge is 2.18. The van der Waals surface area contributed by atoms with Crippen molar-refractivity contribution in [3.8, 4) is 0 Å². The van der Waals surface area contributed by atoms with Crippen molar-refractivity contribution in [2.75, 3.05) is 0 Å². The maximum atomic E-state index is 3.93. The number of rotatable bonds is 5. The molecule has 0 radical (unpaired) electrons. The number of hydrogen-bond acceptors (Lipinski definition) is 0. The normalized spacial score (nSPS) is 12.4. The Morgan fingerprint density at radius 3 is 1.81 bits per heavy atom. The van der Waals surface area contributed by atoms with Crippen molar-refractivity contribution in [1.82, 2.24) is 0 Å². The van der Waals surface area contributed by atoms with Crippen LogP contribution in [0.25, 0.3) is 0 Å². The summed E-state index contributed by atoms with van der Waals surface area (Å²) in [6.07, 6.45) is 3.26. The number of hydrogen-bond donors (Lipinski definition) is 0. The van der Waals surface area contributed by atoms with E-state index in [4.69, 9.17) is 0 Å². The fourth-order valence-electron chi connectivity index (χ4n) is 2.76. The summed E-state index contributed by atoms with van der Waals surface area (Å²) in [5, 5.41) is 0. The number of halogens is 2. The molecule has 2 rings (SSSR count). The zero-order valence-electron chi connectivity index (χ0n) is 12.9. The van der Waals surface area contributed by atoms with Crippen molar-refractivity contribution in [2.45, 2.75) is 44.9 Å². The summed E-state index contributed by atoms with van der Waals surface area (Å²) in [4.78, 5) is 0.265. The molecule has 1 atom stereocenters. The number of benzene rings is 2. The van der Waals surface area contributed by atoms with Gasteiger partial charge in [-0.15, -0.1) is 0 Å². The molecular weight excluding hydrogens is 388 g/mol. The van der Waals surface area contributed by atoms with E-state index in [1.807, 2.05) is 0 Å². The first kappa shape index (κ1) is 16.8. The van der Waals surface area contributed by atoms with Gasteiger partial charge in [0.05, 0.1) is 4.83 Å². The average Bonchev–Trinajstić information content (AvgIpc) is 2.53. The highest BCUT2D eigenvalue weighted by Crippen LogP contribution is 2.37. The van der Waals surface area contributed by atoms with Gasteiger partial charge in [0.25, 0.3) is 0 Å². The molecule has 112 valence electrons. The van der Waals surface area contributed by atoms with E-state index in [0.29, 0.717) is 0 Å². The molecule has 0 aliphatic carbocycles. The maximum Gasteiger partial charge on any atom is 0.0649 e. The van der Waals surface area contributed by atoms with E-state index >= 15 is 0 Å². The lowest BCUT2D eigenvalue weighted by Gasteiger charge is -2.20. The molecule has 0 spiro atoms. The van der Waals surface area contributed by atoms with Gasteiger partial charge in [-0.2, -0.15) is 0 Å². The van der Waals surface area contributed by atoms with E-state index in [0.717, 1.165) is 23.7 Å². The summed E-state index contributed by atoms with van der Waals surface area (Å²) in [6.45, 7) is 6.73. The van der Waals surface area contributed by atoms with Crippen LogP contribution in [0.3, 0.4) is 0 Å². The van der Waals surface area contributed by atoms with Gasteiger partial charge in [0.15, 0.2) is 0 Å². The average molecular weight is 410 g/mol. The Hall–Kier alpha value is -0.600. The van der Waals surface area contributed by atoms with Crippen LogP contribution in [0.4, 0.5) is 0 Å². The molecule has 0 aliphatic rings. The molecule has 1 unspecified atom stereocenters. The van der Waals surface area contributed by atoms with E-state index in [-0.39, 0.29) is 4.83 Å². The second-order valence-corrected chi connectivity index (χ2v) is 7.13. The molecule has 0 nitrogen and oxygen atoms in total. The van der Waals surface area contributed by atoms with Gasteiger partial charge in [-0.3, -0.25) is 0 Å². The predicted molar refractivity (Wildman–Crippen MR) is 99.5 cm³/mol. The smallest absolute Gasteiger partial charge is 0.0649 e. The van der Waals surface area contributed by atoms with Crippen LogP contribution in [0.2, 0.25) is 0 Å². The van der Waals surface area contributed by atoms with E-state index in [2.05, 4.69) is 89.0 Å². The predicted octanol–water partition coefficient (Wildman–Crippen LogP) is 6.62. The summed E-state index contributed by atoms with van der Waals surface area (Å²) >= 11 is 7.44. The molecule has 0 fully saturated rings. The molecule has 0 N–H and O–H groups in total. The van der Waals surface area contributed by atoms with Crippen molar-refractivity contribution >= 4 is 31.9 Å². The minimum atomic E-state index is 0.265. The molecule has 0 aliphatic heterocycles. The first-order valence-electron chi connectivity index (χ1n) is 7.64. The van der Waals surface area contributed by atoms with E-state index in [9.17, 15) is 0 Å². The molecular formula is C19H22Br2. The van der Waals surface area contributed by atoms with Crippen LogP contribution >= 0.6 is 31.9 Å². The van der Waals surface area contributed by atoms with Gasteiger partial charge in [-0.05, 0) is 59.2 Å². The van der Waals surface area contributed by atoms with Gasteiger partial charge in [0.2, 0.25) is 0 Å². The minimum absolute atomic E-state index is 0.265. The second-order valence-electron chi connectivity index (χ2n) is 5.30. The summed E-state index contributed by atoms with van der Waals surface area (Å²) in [5.41, 5.74) is 7.15. The molecule has 0 bridgehead atoms. The fraction of sp³-hybridized carbons (Fsp3) is 0.368. The Balaban J connectivity index is 2.52. The number of aryl methyl sites for hydroxylation is 3. The molecule has 0 amide bonds. The lowest BCUT2D eigenvalue weighted by Crippen LogP contribution is -2.05. The molecule has 0 aromatic heterocycles.